The Morgan fingerprint density at radius 3 is 1.83 bits per heavy atom. The summed E-state index contributed by atoms with van der Waals surface area (Å²) in [5.41, 5.74) is 3.19. The highest BCUT2D eigenvalue weighted by Gasteiger charge is 2.40. The van der Waals surface area contributed by atoms with E-state index in [-0.39, 0.29) is 5.54 Å². The first-order chi connectivity index (χ1) is 11.9. The van der Waals surface area contributed by atoms with Crippen LogP contribution in [0.3, 0.4) is 0 Å². The van der Waals surface area contributed by atoms with Gasteiger partial charge in [0, 0.05) is 37.4 Å². The largest absolute Gasteiger partial charge is 0.369 e. The van der Waals surface area contributed by atoms with Gasteiger partial charge in [0.15, 0.2) is 0 Å². The van der Waals surface area contributed by atoms with E-state index in [1.807, 2.05) is 0 Å². The van der Waals surface area contributed by atoms with Gasteiger partial charge in [0.05, 0.1) is 0 Å². The number of benzene rings is 2. The molecule has 1 saturated carbocycles. The van der Waals surface area contributed by atoms with Crippen molar-refractivity contribution in [1.29, 1.82) is 0 Å². The van der Waals surface area contributed by atoms with Gasteiger partial charge in [-0.15, -0.1) is 0 Å². The summed E-state index contributed by atoms with van der Waals surface area (Å²) in [6, 6.07) is 22.2. The molecule has 0 amide bonds. The Labute approximate surface area is 146 Å². The van der Waals surface area contributed by atoms with Gasteiger partial charge in [0.1, 0.15) is 0 Å². The third kappa shape index (κ3) is 2.95. The molecular formula is C22H28N2. The van der Waals surface area contributed by atoms with Gasteiger partial charge in [-0.25, -0.2) is 0 Å². The van der Waals surface area contributed by atoms with Crippen molar-refractivity contribution in [3.63, 3.8) is 0 Å². The van der Waals surface area contributed by atoms with E-state index in [0.717, 1.165) is 13.1 Å². The fourth-order valence-electron chi connectivity index (χ4n) is 4.70. The maximum absolute atomic E-state index is 2.79. The Hall–Kier alpha value is -1.80. The van der Waals surface area contributed by atoms with Crippen LogP contribution in [-0.4, -0.2) is 31.1 Å². The van der Waals surface area contributed by atoms with Crippen molar-refractivity contribution >= 4 is 5.69 Å². The molecular weight excluding hydrogens is 292 g/mol. The predicted octanol–water partition coefficient (Wildman–Crippen LogP) is 4.67. The minimum Gasteiger partial charge on any atom is -0.369 e. The molecule has 2 aromatic carbocycles. The molecule has 0 aromatic heterocycles. The molecule has 24 heavy (non-hydrogen) atoms. The molecule has 0 atom stereocenters. The molecule has 4 rings (SSSR count). The lowest BCUT2D eigenvalue weighted by atomic mass is 9.75. The second-order valence-electron chi connectivity index (χ2n) is 7.27. The van der Waals surface area contributed by atoms with E-state index >= 15 is 0 Å². The highest BCUT2D eigenvalue weighted by molar-refractivity contribution is 5.46. The first-order valence-electron chi connectivity index (χ1n) is 9.49. The van der Waals surface area contributed by atoms with E-state index < -0.39 is 0 Å². The Bertz CT molecular complexity index is 624. The van der Waals surface area contributed by atoms with Crippen LogP contribution in [0.2, 0.25) is 0 Å². The molecule has 1 heterocycles. The van der Waals surface area contributed by atoms with Crippen LogP contribution in [0.25, 0.3) is 0 Å². The summed E-state index contributed by atoms with van der Waals surface area (Å²) in [7, 11) is 0. The van der Waals surface area contributed by atoms with Gasteiger partial charge in [-0.1, -0.05) is 67.8 Å². The van der Waals surface area contributed by atoms with Gasteiger partial charge in [-0.05, 0) is 30.5 Å². The number of nitrogens with zero attached hydrogens (tertiary/aromatic N) is 2. The van der Waals surface area contributed by atoms with Crippen LogP contribution in [0.1, 0.15) is 37.7 Å². The normalized spacial score (nSPS) is 21.6. The molecule has 2 aliphatic rings. The third-order valence-corrected chi connectivity index (χ3v) is 6.00. The number of anilines is 1. The summed E-state index contributed by atoms with van der Waals surface area (Å²) in [6.07, 6.45) is 6.78. The molecule has 2 fully saturated rings. The maximum atomic E-state index is 2.79. The first-order valence-corrected chi connectivity index (χ1v) is 9.49. The zero-order valence-electron chi connectivity index (χ0n) is 14.5. The van der Waals surface area contributed by atoms with Gasteiger partial charge in [-0.2, -0.15) is 0 Å². The second kappa shape index (κ2) is 6.98. The van der Waals surface area contributed by atoms with E-state index in [1.165, 1.54) is 56.4 Å². The van der Waals surface area contributed by atoms with Gasteiger partial charge in [0.2, 0.25) is 0 Å². The average molecular weight is 320 g/mol. The Morgan fingerprint density at radius 2 is 1.21 bits per heavy atom. The lowest BCUT2D eigenvalue weighted by molar-refractivity contribution is 0.0416. The van der Waals surface area contributed by atoms with Crippen molar-refractivity contribution in [3.05, 3.63) is 66.2 Å². The van der Waals surface area contributed by atoms with Crippen molar-refractivity contribution in [3.8, 4) is 0 Å². The molecule has 1 saturated heterocycles. The molecule has 1 aliphatic heterocycles. The number of rotatable bonds is 3. The fourth-order valence-corrected chi connectivity index (χ4v) is 4.70. The minimum absolute atomic E-state index is 0.280. The quantitative estimate of drug-likeness (QED) is 0.811. The van der Waals surface area contributed by atoms with Crippen molar-refractivity contribution in [1.82, 2.24) is 4.90 Å². The maximum Gasteiger partial charge on any atom is 0.0462 e. The summed E-state index contributed by atoms with van der Waals surface area (Å²) in [6.45, 7) is 4.62. The van der Waals surface area contributed by atoms with Crippen LogP contribution < -0.4 is 4.90 Å². The van der Waals surface area contributed by atoms with Crippen molar-refractivity contribution in [2.75, 3.05) is 31.1 Å². The van der Waals surface area contributed by atoms with Crippen LogP contribution >= 0.6 is 0 Å². The Morgan fingerprint density at radius 1 is 0.625 bits per heavy atom. The predicted molar refractivity (Wildman–Crippen MR) is 101 cm³/mol. The molecule has 2 aromatic rings. The van der Waals surface area contributed by atoms with Gasteiger partial charge >= 0.3 is 0 Å². The van der Waals surface area contributed by atoms with E-state index in [1.54, 1.807) is 0 Å². The number of para-hydroxylation sites is 1. The molecule has 0 unspecified atom stereocenters. The van der Waals surface area contributed by atoms with Crippen molar-refractivity contribution in [2.45, 2.75) is 37.6 Å². The van der Waals surface area contributed by atoms with Gasteiger partial charge in [-0.3, -0.25) is 4.90 Å². The Balaban J connectivity index is 1.53. The smallest absolute Gasteiger partial charge is 0.0462 e. The topological polar surface area (TPSA) is 6.48 Å². The van der Waals surface area contributed by atoms with E-state index in [9.17, 15) is 0 Å². The lowest BCUT2D eigenvalue weighted by Crippen LogP contribution is -2.56. The molecule has 0 bridgehead atoms. The SMILES string of the molecule is c1ccc(N2CCN(C3(c4ccccc4)CCCCC3)CC2)cc1. The minimum atomic E-state index is 0.280. The van der Waals surface area contributed by atoms with Crippen LogP contribution in [0, 0.1) is 0 Å². The van der Waals surface area contributed by atoms with Crippen LogP contribution in [0.15, 0.2) is 60.7 Å². The summed E-state index contributed by atoms with van der Waals surface area (Å²) in [4.78, 5) is 5.33. The van der Waals surface area contributed by atoms with Crippen molar-refractivity contribution in [2.24, 2.45) is 0 Å². The van der Waals surface area contributed by atoms with Crippen LogP contribution in [-0.2, 0) is 5.54 Å². The summed E-state index contributed by atoms with van der Waals surface area (Å²) < 4.78 is 0. The van der Waals surface area contributed by atoms with Gasteiger partial charge < -0.3 is 4.90 Å². The number of hydrogen-bond donors (Lipinski definition) is 0. The number of piperazine rings is 1. The third-order valence-electron chi connectivity index (χ3n) is 6.00. The van der Waals surface area contributed by atoms with Gasteiger partial charge in [0.25, 0.3) is 0 Å². The summed E-state index contributed by atoms with van der Waals surface area (Å²) in [5.74, 6) is 0. The van der Waals surface area contributed by atoms with E-state index in [2.05, 4.69) is 70.5 Å². The standard InChI is InChI=1S/C22H28N2/c1-4-10-20(11-5-1)22(14-8-3-9-15-22)24-18-16-23(17-19-24)21-12-6-2-7-13-21/h1-2,4-7,10-13H,3,8-9,14-19H2. The van der Waals surface area contributed by atoms with Crippen molar-refractivity contribution < 1.29 is 0 Å². The molecule has 1 aliphatic carbocycles. The van der Waals surface area contributed by atoms with E-state index in [0.29, 0.717) is 0 Å². The summed E-state index contributed by atoms with van der Waals surface area (Å²) >= 11 is 0. The monoisotopic (exact) mass is 320 g/mol. The first kappa shape index (κ1) is 15.7. The second-order valence-corrected chi connectivity index (χ2v) is 7.27. The zero-order valence-corrected chi connectivity index (χ0v) is 14.5. The van der Waals surface area contributed by atoms with Crippen LogP contribution in [0.5, 0.6) is 0 Å². The molecule has 0 radical (unpaired) electrons. The van der Waals surface area contributed by atoms with Crippen LogP contribution in [0.4, 0.5) is 5.69 Å². The molecule has 126 valence electrons. The molecule has 2 nitrogen and oxygen atoms in total. The lowest BCUT2D eigenvalue weighted by Gasteiger charge is -2.50. The molecule has 0 spiro atoms. The van der Waals surface area contributed by atoms with E-state index in [4.69, 9.17) is 0 Å². The Kier molecular flexibility index (Phi) is 4.57. The number of hydrogen-bond acceptors (Lipinski definition) is 2. The molecule has 2 heteroatoms. The molecule has 0 N–H and O–H groups in total. The summed E-state index contributed by atoms with van der Waals surface area (Å²) in [5, 5.41) is 0. The fraction of sp³-hybridized carbons (Fsp3) is 0.455. The highest BCUT2D eigenvalue weighted by Crippen LogP contribution is 2.42. The zero-order chi connectivity index (χ0) is 16.2. The average Bonchev–Trinajstić information content (AvgIpc) is 2.70. The highest BCUT2D eigenvalue weighted by atomic mass is 15.3.